The molecule has 1 aliphatic heterocycles. The third-order valence-corrected chi connectivity index (χ3v) is 5.10. The van der Waals surface area contributed by atoms with Gasteiger partial charge in [-0.15, -0.1) is 0 Å². The Bertz CT molecular complexity index is 979. The van der Waals surface area contributed by atoms with E-state index in [1.165, 1.54) is 5.56 Å². The summed E-state index contributed by atoms with van der Waals surface area (Å²) < 4.78 is 7.59. The standard InChI is InChI=1S/C23H25N3O2/c1-16-8-11-21-20(12-16)23-19(15-28-21)13-24-26(23)14-22(27)25-17(2)9-10-18-6-4-3-5-7-18/h3-8,11-13,17H,9-10,14-15H2,1-2H3,(H,25,27)/t17-/m1/s1. The van der Waals surface area contributed by atoms with Crippen molar-refractivity contribution in [2.75, 3.05) is 0 Å². The van der Waals surface area contributed by atoms with Gasteiger partial charge in [0.25, 0.3) is 0 Å². The Morgan fingerprint density at radius 3 is 2.89 bits per heavy atom. The van der Waals surface area contributed by atoms with Crippen LogP contribution >= 0.6 is 0 Å². The normalized spacial score (nSPS) is 13.2. The van der Waals surface area contributed by atoms with Crippen LogP contribution in [0.5, 0.6) is 5.75 Å². The molecular weight excluding hydrogens is 350 g/mol. The summed E-state index contributed by atoms with van der Waals surface area (Å²) in [5.74, 6) is 0.823. The fourth-order valence-corrected chi connectivity index (χ4v) is 3.63. The zero-order valence-electron chi connectivity index (χ0n) is 16.3. The van der Waals surface area contributed by atoms with Crippen LogP contribution in [0.2, 0.25) is 0 Å². The van der Waals surface area contributed by atoms with E-state index in [-0.39, 0.29) is 18.5 Å². The molecule has 0 aliphatic carbocycles. The zero-order valence-corrected chi connectivity index (χ0v) is 16.3. The number of rotatable bonds is 6. The number of aryl methyl sites for hydroxylation is 2. The molecule has 0 spiro atoms. The highest BCUT2D eigenvalue weighted by Crippen LogP contribution is 2.37. The smallest absolute Gasteiger partial charge is 0.241 e. The van der Waals surface area contributed by atoms with E-state index in [9.17, 15) is 4.79 Å². The molecule has 0 fully saturated rings. The molecule has 0 saturated carbocycles. The van der Waals surface area contributed by atoms with Crippen molar-refractivity contribution < 1.29 is 9.53 Å². The van der Waals surface area contributed by atoms with Gasteiger partial charge in [0.15, 0.2) is 0 Å². The van der Waals surface area contributed by atoms with E-state index in [0.29, 0.717) is 6.61 Å². The Morgan fingerprint density at radius 1 is 1.25 bits per heavy atom. The molecule has 1 N–H and O–H groups in total. The topological polar surface area (TPSA) is 56.2 Å². The molecule has 1 atom stereocenters. The number of nitrogens with one attached hydrogen (secondary N) is 1. The first-order chi connectivity index (χ1) is 13.6. The number of carbonyl (C=O) groups excluding carboxylic acids is 1. The van der Waals surface area contributed by atoms with Crippen molar-refractivity contribution in [3.63, 3.8) is 0 Å². The average Bonchev–Trinajstić information content (AvgIpc) is 3.10. The second-order valence-electron chi connectivity index (χ2n) is 7.46. The van der Waals surface area contributed by atoms with Crippen molar-refractivity contribution in [3.05, 3.63) is 71.4 Å². The summed E-state index contributed by atoms with van der Waals surface area (Å²) in [5.41, 5.74) is 5.45. The highest BCUT2D eigenvalue weighted by Gasteiger charge is 2.23. The van der Waals surface area contributed by atoms with Crippen molar-refractivity contribution in [2.24, 2.45) is 0 Å². The molecule has 1 aliphatic rings. The molecule has 2 aromatic carbocycles. The van der Waals surface area contributed by atoms with Crippen molar-refractivity contribution >= 4 is 5.91 Å². The number of hydrogen-bond acceptors (Lipinski definition) is 3. The Labute approximate surface area is 165 Å². The summed E-state index contributed by atoms with van der Waals surface area (Å²) in [6.45, 7) is 4.79. The van der Waals surface area contributed by atoms with Gasteiger partial charge in [-0.3, -0.25) is 9.48 Å². The van der Waals surface area contributed by atoms with Gasteiger partial charge in [0, 0.05) is 17.2 Å². The second-order valence-corrected chi connectivity index (χ2v) is 7.46. The molecule has 0 radical (unpaired) electrons. The van der Waals surface area contributed by atoms with Gasteiger partial charge in [0.1, 0.15) is 18.9 Å². The van der Waals surface area contributed by atoms with Crippen LogP contribution in [0.3, 0.4) is 0 Å². The molecule has 144 valence electrons. The Balaban J connectivity index is 1.41. The molecule has 3 aromatic rings. The van der Waals surface area contributed by atoms with Crippen LogP contribution in [0.25, 0.3) is 11.3 Å². The van der Waals surface area contributed by atoms with Crippen LogP contribution in [0.1, 0.15) is 30.0 Å². The number of nitrogens with zero attached hydrogens (tertiary/aromatic N) is 2. The molecule has 4 rings (SSSR count). The first-order valence-electron chi connectivity index (χ1n) is 9.72. The van der Waals surface area contributed by atoms with Gasteiger partial charge >= 0.3 is 0 Å². The Kier molecular flexibility index (Phi) is 5.15. The number of amides is 1. The third kappa shape index (κ3) is 3.93. The van der Waals surface area contributed by atoms with Crippen molar-refractivity contribution in [1.29, 1.82) is 0 Å². The zero-order chi connectivity index (χ0) is 19.5. The van der Waals surface area contributed by atoms with Crippen molar-refractivity contribution in [2.45, 2.75) is 45.9 Å². The number of carbonyl (C=O) groups is 1. The highest BCUT2D eigenvalue weighted by atomic mass is 16.5. The maximum Gasteiger partial charge on any atom is 0.241 e. The van der Waals surface area contributed by atoms with Gasteiger partial charge in [-0.1, -0.05) is 42.0 Å². The van der Waals surface area contributed by atoms with Gasteiger partial charge in [-0.25, -0.2) is 0 Å². The van der Waals surface area contributed by atoms with E-state index in [4.69, 9.17) is 4.74 Å². The molecule has 0 saturated heterocycles. The molecule has 1 amide bonds. The highest BCUT2D eigenvalue weighted by molar-refractivity contribution is 5.78. The van der Waals surface area contributed by atoms with Gasteiger partial charge in [-0.05, 0) is 44.4 Å². The lowest BCUT2D eigenvalue weighted by Gasteiger charge is -2.20. The summed E-state index contributed by atoms with van der Waals surface area (Å²) in [5, 5.41) is 7.54. The van der Waals surface area contributed by atoms with Crippen LogP contribution in [-0.4, -0.2) is 21.7 Å². The minimum atomic E-state index is -0.0212. The lowest BCUT2D eigenvalue weighted by Crippen LogP contribution is -2.35. The molecular formula is C23H25N3O2. The number of fused-ring (bicyclic) bond motifs is 3. The van der Waals surface area contributed by atoms with E-state index in [0.717, 1.165) is 41.0 Å². The molecule has 0 unspecified atom stereocenters. The minimum absolute atomic E-state index is 0.0212. The summed E-state index contributed by atoms with van der Waals surface area (Å²) in [6.07, 6.45) is 3.65. The van der Waals surface area contributed by atoms with E-state index in [1.54, 1.807) is 10.9 Å². The molecule has 5 heteroatoms. The lowest BCUT2D eigenvalue weighted by molar-refractivity contribution is -0.122. The number of hydrogen-bond donors (Lipinski definition) is 1. The molecule has 1 aromatic heterocycles. The van der Waals surface area contributed by atoms with Crippen LogP contribution in [0.15, 0.2) is 54.7 Å². The lowest BCUT2D eigenvalue weighted by atomic mass is 10.0. The van der Waals surface area contributed by atoms with Crippen LogP contribution < -0.4 is 10.1 Å². The second kappa shape index (κ2) is 7.89. The maximum atomic E-state index is 12.6. The average molecular weight is 375 g/mol. The summed E-state index contributed by atoms with van der Waals surface area (Å²) in [6, 6.07) is 16.6. The van der Waals surface area contributed by atoms with E-state index in [2.05, 4.69) is 35.5 Å². The number of aromatic nitrogens is 2. The minimum Gasteiger partial charge on any atom is -0.488 e. The fraction of sp³-hybridized carbons (Fsp3) is 0.304. The van der Waals surface area contributed by atoms with Gasteiger partial charge in [0.2, 0.25) is 5.91 Å². The molecule has 0 bridgehead atoms. The van der Waals surface area contributed by atoms with Gasteiger partial charge in [0.05, 0.1) is 11.9 Å². The summed E-state index contributed by atoms with van der Waals surface area (Å²) in [7, 11) is 0. The fourth-order valence-electron chi connectivity index (χ4n) is 3.63. The predicted octanol–water partition coefficient (Wildman–Crippen LogP) is 3.89. The quantitative estimate of drug-likeness (QED) is 0.711. The third-order valence-electron chi connectivity index (χ3n) is 5.10. The van der Waals surface area contributed by atoms with Crippen LogP contribution in [0.4, 0.5) is 0 Å². The maximum absolute atomic E-state index is 12.6. The predicted molar refractivity (Wildman–Crippen MR) is 109 cm³/mol. The van der Waals surface area contributed by atoms with Crippen molar-refractivity contribution in [3.8, 4) is 17.0 Å². The monoisotopic (exact) mass is 375 g/mol. The molecule has 5 nitrogen and oxygen atoms in total. The molecule has 28 heavy (non-hydrogen) atoms. The SMILES string of the molecule is Cc1ccc2c(c1)-c1c(cnn1CC(=O)N[C@H](C)CCc1ccccc1)CO2. The van der Waals surface area contributed by atoms with Gasteiger partial charge in [-0.2, -0.15) is 5.10 Å². The van der Waals surface area contributed by atoms with E-state index < -0.39 is 0 Å². The first kappa shape index (κ1) is 18.3. The first-order valence-corrected chi connectivity index (χ1v) is 9.72. The van der Waals surface area contributed by atoms with E-state index in [1.807, 2.05) is 37.3 Å². The van der Waals surface area contributed by atoms with Gasteiger partial charge < -0.3 is 10.1 Å². The molecule has 2 heterocycles. The number of benzene rings is 2. The largest absolute Gasteiger partial charge is 0.488 e. The van der Waals surface area contributed by atoms with Crippen LogP contribution in [-0.2, 0) is 24.4 Å². The van der Waals surface area contributed by atoms with E-state index >= 15 is 0 Å². The summed E-state index contributed by atoms with van der Waals surface area (Å²) >= 11 is 0. The Hall–Kier alpha value is -3.08. The van der Waals surface area contributed by atoms with Crippen LogP contribution in [0, 0.1) is 6.92 Å². The van der Waals surface area contributed by atoms with Crippen molar-refractivity contribution in [1.82, 2.24) is 15.1 Å². The Morgan fingerprint density at radius 2 is 2.07 bits per heavy atom. The number of ether oxygens (including phenoxy) is 1. The summed E-state index contributed by atoms with van der Waals surface area (Å²) in [4.78, 5) is 12.6.